The summed E-state index contributed by atoms with van der Waals surface area (Å²) in [5.41, 5.74) is 1.77. The number of benzene rings is 1. The van der Waals surface area contributed by atoms with E-state index in [2.05, 4.69) is 17.5 Å². The van der Waals surface area contributed by atoms with Gasteiger partial charge in [-0.2, -0.15) is 0 Å². The number of rotatable bonds is 3. The molecule has 4 nitrogen and oxygen atoms in total. The molecule has 1 aromatic carbocycles. The van der Waals surface area contributed by atoms with Crippen molar-refractivity contribution in [3.8, 4) is 0 Å². The third kappa shape index (κ3) is 1.83. The number of nitrogens with zero attached hydrogens (tertiary/aromatic N) is 1. The predicted octanol–water partition coefficient (Wildman–Crippen LogP) is 2.82. The number of fused-ring (bicyclic) bond motifs is 5. The Morgan fingerprint density at radius 3 is 2.45 bits per heavy atom. The minimum absolute atomic E-state index is 0.0287. The van der Waals surface area contributed by atoms with Gasteiger partial charge in [-0.05, 0) is 42.9 Å². The first-order valence-corrected chi connectivity index (χ1v) is 7.98. The lowest BCUT2D eigenvalue weighted by Crippen LogP contribution is -2.37. The maximum Gasteiger partial charge on any atom is 0.235 e. The van der Waals surface area contributed by atoms with Crippen LogP contribution in [0.3, 0.4) is 0 Å². The minimum atomic E-state index is -0.134. The standard InChI is InChI=1S/C17H17ClN2O2/c1-9-12(18)3-2-4-13(9)19-8-20-16(21)14-10-5-6-11(7-10)15(14)17(20)22/h2-6,10-11,14-15,19H,7-8H2,1H3/t10-,11-,14+,15+/m0/s1. The van der Waals surface area contributed by atoms with Gasteiger partial charge in [0.05, 0.1) is 18.5 Å². The first-order valence-electron chi connectivity index (χ1n) is 7.60. The van der Waals surface area contributed by atoms with Crippen molar-refractivity contribution in [3.63, 3.8) is 0 Å². The summed E-state index contributed by atoms with van der Waals surface area (Å²) < 4.78 is 0. The maximum atomic E-state index is 12.6. The van der Waals surface area contributed by atoms with Crippen LogP contribution < -0.4 is 5.32 Å². The molecule has 1 saturated heterocycles. The Balaban J connectivity index is 1.52. The van der Waals surface area contributed by atoms with Crippen molar-refractivity contribution in [1.29, 1.82) is 0 Å². The molecule has 22 heavy (non-hydrogen) atoms. The summed E-state index contributed by atoms with van der Waals surface area (Å²) in [6.45, 7) is 2.13. The third-order valence-corrected chi connectivity index (χ3v) is 5.67. The van der Waals surface area contributed by atoms with Crippen LogP contribution in [0.2, 0.25) is 5.02 Å². The van der Waals surface area contributed by atoms with E-state index in [4.69, 9.17) is 11.6 Å². The second kappa shape index (κ2) is 4.85. The van der Waals surface area contributed by atoms with E-state index in [1.54, 1.807) is 0 Å². The Labute approximate surface area is 134 Å². The molecule has 5 heteroatoms. The van der Waals surface area contributed by atoms with Gasteiger partial charge >= 0.3 is 0 Å². The Morgan fingerprint density at radius 1 is 1.18 bits per heavy atom. The lowest BCUT2D eigenvalue weighted by molar-refractivity contribution is -0.140. The molecular formula is C17H17ClN2O2. The van der Waals surface area contributed by atoms with Gasteiger partial charge in [0.15, 0.2) is 0 Å². The molecule has 1 heterocycles. The summed E-state index contributed by atoms with van der Waals surface area (Å²) in [6.07, 6.45) is 5.17. The number of nitrogens with one attached hydrogen (secondary N) is 1. The molecule has 2 bridgehead atoms. The van der Waals surface area contributed by atoms with E-state index in [0.29, 0.717) is 5.02 Å². The van der Waals surface area contributed by atoms with Crippen LogP contribution in [0.4, 0.5) is 5.69 Å². The number of anilines is 1. The third-order valence-electron chi connectivity index (χ3n) is 5.26. The van der Waals surface area contributed by atoms with Crippen molar-refractivity contribution in [1.82, 2.24) is 4.90 Å². The van der Waals surface area contributed by atoms with Gasteiger partial charge < -0.3 is 5.32 Å². The largest absolute Gasteiger partial charge is 0.367 e. The van der Waals surface area contributed by atoms with Gasteiger partial charge in [-0.15, -0.1) is 0 Å². The molecule has 0 radical (unpaired) electrons. The SMILES string of the molecule is Cc1c(Cl)cccc1NCN1C(=O)[C@H]2[C@H](C1=O)[C@H]1C=C[C@H]2C1. The molecule has 1 N–H and O–H groups in total. The van der Waals surface area contributed by atoms with Crippen molar-refractivity contribution >= 4 is 29.1 Å². The molecule has 0 spiro atoms. The number of halogens is 1. The fourth-order valence-corrected chi connectivity index (χ4v) is 4.26. The van der Waals surface area contributed by atoms with Crippen molar-refractivity contribution in [2.45, 2.75) is 13.3 Å². The predicted molar refractivity (Wildman–Crippen MR) is 84.2 cm³/mol. The van der Waals surface area contributed by atoms with Gasteiger partial charge in [-0.25, -0.2) is 0 Å². The monoisotopic (exact) mass is 316 g/mol. The van der Waals surface area contributed by atoms with Crippen LogP contribution >= 0.6 is 11.6 Å². The van der Waals surface area contributed by atoms with E-state index in [1.165, 1.54) is 4.90 Å². The van der Waals surface area contributed by atoms with Crippen LogP contribution in [0.5, 0.6) is 0 Å². The van der Waals surface area contributed by atoms with Crippen molar-refractivity contribution in [2.24, 2.45) is 23.7 Å². The second-order valence-corrected chi connectivity index (χ2v) is 6.76. The molecule has 4 atom stereocenters. The molecule has 114 valence electrons. The summed E-state index contributed by atoms with van der Waals surface area (Å²) in [7, 11) is 0. The number of hydrogen-bond acceptors (Lipinski definition) is 3. The zero-order chi connectivity index (χ0) is 15.4. The minimum Gasteiger partial charge on any atom is -0.367 e. The van der Waals surface area contributed by atoms with E-state index < -0.39 is 0 Å². The van der Waals surface area contributed by atoms with E-state index in [-0.39, 0.29) is 42.2 Å². The molecule has 2 amide bonds. The van der Waals surface area contributed by atoms with Crippen LogP contribution in [0, 0.1) is 30.6 Å². The van der Waals surface area contributed by atoms with Gasteiger partial charge in [0.1, 0.15) is 0 Å². The van der Waals surface area contributed by atoms with Gasteiger partial charge in [-0.1, -0.05) is 29.8 Å². The number of allylic oxidation sites excluding steroid dienone is 2. The van der Waals surface area contributed by atoms with E-state index in [0.717, 1.165) is 17.7 Å². The molecular weight excluding hydrogens is 300 g/mol. The first kappa shape index (κ1) is 13.8. The smallest absolute Gasteiger partial charge is 0.235 e. The zero-order valence-electron chi connectivity index (χ0n) is 12.3. The second-order valence-electron chi connectivity index (χ2n) is 6.35. The van der Waals surface area contributed by atoms with Crippen LogP contribution in [-0.2, 0) is 9.59 Å². The topological polar surface area (TPSA) is 49.4 Å². The summed E-state index contributed by atoms with van der Waals surface area (Å²) in [6, 6.07) is 5.57. The lowest BCUT2D eigenvalue weighted by Gasteiger charge is -2.19. The molecule has 2 aliphatic carbocycles. The van der Waals surface area contributed by atoms with E-state index in [1.807, 2.05) is 25.1 Å². The van der Waals surface area contributed by atoms with E-state index in [9.17, 15) is 9.59 Å². The first-order chi connectivity index (χ1) is 10.6. The highest BCUT2D eigenvalue weighted by Crippen LogP contribution is 2.52. The molecule has 2 fully saturated rings. The summed E-state index contributed by atoms with van der Waals surface area (Å²) >= 11 is 6.10. The Bertz CT molecular complexity index is 670. The molecule has 0 unspecified atom stereocenters. The summed E-state index contributed by atoms with van der Waals surface area (Å²) in [5.74, 6) is 0.182. The van der Waals surface area contributed by atoms with Crippen molar-refractivity contribution < 1.29 is 9.59 Å². The summed E-state index contributed by atoms with van der Waals surface area (Å²) in [4.78, 5) is 26.5. The highest BCUT2D eigenvalue weighted by molar-refractivity contribution is 6.31. The summed E-state index contributed by atoms with van der Waals surface area (Å²) in [5, 5.41) is 3.84. The maximum absolute atomic E-state index is 12.6. The molecule has 1 saturated carbocycles. The fourth-order valence-electron chi connectivity index (χ4n) is 4.08. The number of likely N-dealkylation sites (tertiary alicyclic amines) is 1. The molecule has 1 aliphatic heterocycles. The number of amides is 2. The highest BCUT2D eigenvalue weighted by Gasteiger charge is 2.59. The van der Waals surface area contributed by atoms with Crippen molar-refractivity contribution in [3.05, 3.63) is 40.9 Å². The number of carbonyl (C=O) groups is 2. The number of carbonyl (C=O) groups excluding carboxylic acids is 2. The normalized spacial score (nSPS) is 32.0. The Morgan fingerprint density at radius 2 is 1.82 bits per heavy atom. The van der Waals surface area contributed by atoms with Gasteiger partial charge in [0, 0.05) is 10.7 Å². The van der Waals surface area contributed by atoms with Gasteiger partial charge in [0.25, 0.3) is 0 Å². The highest BCUT2D eigenvalue weighted by atomic mass is 35.5. The Kier molecular flexibility index (Phi) is 3.05. The number of hydrogen-bond donors (Lipinski definition) is 1. The quantitative estimate of drug-likeness (QED) is 0.689. The van der Waals surface area contributed by atoms with Crippen molar-refractivity contribution in [2.75, 3.05) is 12.0 Å². The average Bonchev–Trinajstić information content (AvgIpc) is 3.17. The number of imide groups is 1. The Hall–Kier alpha value is -1.81. The van der Waals surface area contributed by atoms with Gasteiger partial charge in [-0.3, -0.25) is 14.5 Å². The van der Waals surface area contributed by atoms with Crippen LogP contribution in [0.15, 0.2) is 30.4 Å². The average molecular weight is 317 g/mol. The molecule has 0 aromatic heterocycles. The molecule has 3 aliphatic rings. The van der Waals surface area contributed by atoms with Crippen LogP contribution in [-0.4, -0.2) is 23.4 Å². The zero-order valence-corrected chi connectivity index (χ0v) is 13.0. The van der Waals surface area contributed by atoms with Crippen LogP contribution in [0.1, 0.15) is 12.0 Å². The molecule has 4 rings (SSSR count). The van der Waals surface area contributed by atoms with E-state index >= 15 is 0 Å². The lowest BCUT2D eigenvalue weighted by atomic mass is 9.85. The van der Waals surface area contributed by atoms with Crippen LogP contribution in [0.25, 0.3) is 0 Å². The van der Waals surface area contributed by atoms with Gasteiger partial charge in [0.2, 0.25) is 11.8 Å². The molecule has 1 aromatic rings. The fraction of sp³-hybridized carbons (Fsp3) is 0.412.